The Hall–Kier alpha value is -1.19. The molecule has 0 atom stereocenters. The molecule has 65 valence electrons. The number of alkyl halides is 2. The van der Waals surface area contributed by atoms with Gasteiger partial charge in [-0.05, 0) is 18.6 Å². The van der Waals surface area contributed by atoms with Crippen molar-refractivity contribution in [1.29, 1.82) is 0 Å². The van der Waals surface area contributed by atoms with E-state index >= 15 is 0 Å². The average molecular weight is 175 g/mol. The summed E-state index contributed by atoms with van der Waals surface area (Å²) in [5.74, 6) is -1.32. The third kappa shape index (κ3) is 1.90. The summed E-state index contributed by atoms with van der Waals surface area (Å²) in [4.78, 5) is 0. The standard InChI is InChI=1S/C8H6F3O/c1-5-3-2-4-6(7(5)9)12-8(10)11/h2-4,8H,1H2. The van der Waals surface area contributed by atoms with E-state index in [0.29, 0.717) is 0 Å². The monoisotopic (exact) mass is 175 g/mol. The third-order valence-electron chi connectivity index (χ3n) is 1.26. The Morgan fingerprint density at radius 3 is 2.58 bits per heavy atom. The van der Waals surface area contributed by atoms with E-state index in [1.807, 2.05) is 0 Å². The number of halogens is 3. The van der Waals surface area contributed by atoms with Gasteiger partial charge >= 0.3 is 6.61 Å². The topological polar surface area (TPSA) is 9.23 Å². The highest BCUT2D eigenvalue weighted by molar-refractivity contribution is 5.32. The molecule has 4 heteroatoms. The molecule has 0 aliphatic rings. The second-order valence-electron chi connectivity index (χ2n) is 2.11. The summed E-state index contributed by atoms with van der Waals surface area (Å²) in [5, 5.41) is 0. The minimum absolute atomic E-state index is 0.0353. The Balaban J connectivity index is 2.92. The van der Waals surface area contributed by atoms with Gasteiger partial charge in [-0.1, -0.05) is 12.1 Å². The van der Waals surface area contributed by atoms with Crippen molar-refractivity contribution >= 4 is 0 Å². The Labute approximate surface area is 67.8 Å². The zero-order valence-electron chi connectivity index (χ0n) is 6.06. The van der Waals surface area contributed by atoms with Crippen molar-refractivity contribution in [2.75, 3.05) is 0 Å². The zero-order chi connectivity index (χ0) is 9.14. The summed E-state index contributed by atoms with van der Waals surface area (Å²) in [6.07, 6.45) is 0. The zero-order valence-corrected chi connectivity index (χ0v) is 6.06. The maximum absolute atomic E-state index is 12.8. The molecular weight excluding hydrogens is 169 g/mol. The first kappa shape index (κ1) is 8.90. The fourth-order valence-corrected chi connectivity index (χ4v) is 0.743. The summed E-state index contributed by atoms with van der Waals surface area (Å²) in [6.45, 7) is 0.275. The van der Waals surface area contributed by atoms with Crippen molar-refractivity contribution in [2.24, 2.45) is 0 Å². The number of hydrogen-bond donors (Lipinski definition) is 0. The summed E-state index contributed by atoms with van der Waals surface area (Å²) in [6, 6.07) is 3.88. The highest BCUT2D eigenvalue weighted by atomic mass is 19.3. The second kappa shape index (κ2) is 3.47. The normalized spacial score (nSPS) is 10.4. The molecule has 1 aromatic rings. The van der Waals surface area contributed by atoms with Gasteiger partial charge < -0.3 is 4.74 Å². The van der Waals surface area contributed by atoms with Crippen molar-refractivity contribution in [3.63, 3.8) is 0 Å². The van der Waals surface area contributed by atoms with Gasteiger partial charge in [0.1, 0.15) is 0 Å². The molecule has 12 heavy (non-hydrogen) atoms. The molecule has 1 rings (SSSR count). The van der Waals surface area contributed by atoms with Crippen molar-refractivity contribution < 1.29 is 17.9 Å². The number of hydrogen-bond acceptors (Lipinski definition) is 1. The van der Waals surface area contributed by atoms with Crippen LogP contribution in [-0.4, -0.2) is 6.61 Å². The van der Waals surface area contributed by atoms with Crippen LogP contribution in [0.5, 0.6) is 5.75 Å². The van der Waals surface area contributed by atoms with Gasteiger partial charge in [-0.2, -0.15) is 8.78 Å². The maximum atomic E-state index is 12.8. The molecule has 0 saturated carbocycles. The number of rotatable bonds is 2. The molecule has 0 fully saturated rings. The van der Waals surface area contributed by atoms with E-state index in [0.717, 1.165) is 6.07 Å². The molecule has 0 unspecified atom stereocenters. The molecular formula is C8H6F3O. The van der Waals surface area contributed by atoms with Crippen LogP contribution >= 0.6 is 0 Å². The van der Waals surface area contributed by atoms with E-state index in [1.165, 1.54) is 12.1 Å². The number of benzene rings is 1. The quantitative estimate of drug-likeness (QED) is 0.671. The SMILES string of the molecule is [CH2]c1cccc(OC(F)F)c1F. The lowest BCUT2D eigenvalue weighted by atomic mass is 10.2. The minimum Gasteiger partial charge on any atom is -0.432 e. The van der Waals surface area contributed by atoms with Crippen molar-refractivity contribution in [1.82, 2.24) is 0 Å². The van der Waals surface area contributed by atoms with E-state index < -0.39 is 18.2 Å². The average Bonchev–Trinajstić information content (AvgIpc) is 1.98. The number of ether oxygens (including phenoxy) is 1. The van der Waals surface area contributed by atoms with Gasteiger partial charge in [0, 0.05) is 0 Å². The molecule has 0 bridgehead atoms. The first-order valence-corrected chi connectivity index (χ1v) is 3.16. The first-order valence-electron chi connectivity index (χ1n) is 3.16. The Morgan fingerprint density at radius 1 is 1.33 bits per heavy atom. The van der Waals surface area contributed by atoms with Gasteiger partial charge in [-0.15, -0.1) is 0 Å². The highest BCUT2D eigenvalue weighted by Crippen LogP contribution is 2.21. The summed E-state index contributed by atoms with van der Waals surface area (Å²) in [7, 11) is 0. The van der Waals surface area contributed by atoms with E-state index in [9.17, 15) is 13.2 Å². The molecule has 1 radical (unpaired) electrons. The second-order valence-corrected chi connectivity index (χ2v) is 2.11. The van der Waals surface area contributed by atoms with Crippen LogP contribution in [0.2, 0.25) is 0 Å². The lowest BCUT2D eigenvalue weighted by Gasteiger charge is -2.05. The lowest BCUT2D eigenvalue weighted by molar-refractivity contribution is -0.0522. The Kier molecular flexibility index (Phi) is 2.58. The van der Waals surface area contributed by atoms with Crippen LogP contribution in [0.3, 0.4) is 0 Å². The van der Waals surface area contributed by atoms with E-state index in [-0.39, 0.29) is 5.56 Å². The van der Waals surface area contributed by atoms with Crippen molar-refractivity contribution in [2.45, 2.75) is 6.61 Å². The molecule has 0 amide bonds. The molecule has 1 aromatic carbocycles. The van der Waals surface area contributed by atoms with E-state index in [2.05, 4.69) is 11.7 Å². The maximum Gasteiger partial charge on any atom is 0.387 e. The van der Waals surface area contributed by atoms with Gasteiger partial charge in [-0.25, -0.2) is 4.39 Å². The first-order chi connectivity index (χ1) is 5.61. The molecule has 0 heterocycles. The van der Waals surface area contributed by atoms with Crippen LogP contribution in [0.15, 0.2) is 18.2 Å². The summed E-state index contributed by atoms with van der Waals surface area (Å²) in [5.41, 5.74) is 0.0353. The van der Waals surface area contributed by atoms with Crippen LogP contribution < -0.4 is 4.74 Å². The largest absolute Gasteiger partial charge is 0.432 e. The summed E-state index contributed by atoms with van der Waals surface area (Å²) < 4.78 is 40.0. The van der Waals surface area contributed by atoms with E-state index in [4.69, 9.17) is 0 Å². The molecule has 0 aliphatic heterocycles. The predicted octanol–water partition coefficient (Wildman–Crippen LogP) is 2.61. The smallest absolute Gasteiger partial charge is 0.387 e. The highest BCUT2D eigenvalue weighted by Gasteiger charge is 2.10. The molecule has 0 aromatic heterocycles. The van der Waals surface area contributed by atoms with Gasteiger partial charge in [-0.3, -0.25) is 0 Å². The van der Waals surface area contributed by atoms with Crippen LogP contribution in [0.4, 0.5) is 13.2 Å². The summed E-state index contributed by atoms with van der Waals surface area (Å²) >= 11 is 0. The van der Waals surface area contributed by atoms with Gasteiger partial charge in [0.05, 0.1) is 0 Å². The van der Waals surface area contributed by atoms with Crippen LogP contribution in [0, 0.1) is 12.7 Å². The molecule has 1 nitrogen and oxygen atoms in total. The molecule has 0 aliphatic carbocycles. The minimum atomic E-state index is -3.01. The fourth-order valence-electron chi connectivity index (χ4n) is 0.743. The Morgan fingerprint density at radius 2 is 2.00 bits per heavy atom. The Bertz CT molecular complexity index is 273. The predicted molar refractivity (Wildman–Crippen MR) is 37.5 cm³/mol. The lowest BCUT2D eigenvalue weighted by Crippen LogP contribution is -2.04. The molecule has 0 N–H and O–H groups in total. The fraction of sp³-hybridized carbons (Fsp3) is 0.125. The third-order valence-corrected chi connectivity index (χ3v) is 1.26. The van der Waals surface area contributed by atoms with E-state index in [1.54, 1.807) is 0 Å². The molecule has 0 spiro atoms. The van der Waals surface area contributed by atoms with Crippen LogP contribution in [0.25, 0.3) is 0 Å². The van der Waals surface area contributed by atoms with Gasteiger partial charge in [0.15, 0.2) is 11.6 Å². The van der Waals surface area contributed by atoms with Gasteiger partial charge in [0.2, 0.25) is 0 Å². The van der Waals surface area contributed by atoms with Crippen molar-refractivity contribution in [3.05, 3.63) is 36.5 Å². The van der Waals surface area contributed by atoms with Crippen molar-refractivity contribution in [3.8, 4) is 5.75 Å². The van der Waals surface area contributed by atoms with Crippen LogP contribution in [-0.2, 0) is 0 Å². The van der Waals surface area contributed by atoms with Crippen LogP contribution in [0.1, 0.15) is 5.56 Å². The van der Waals surface area contributed by atoms with Gasteiger partial charge in [0.25, 0.3) is 0 Å². The molecule has 0 saturated heterocycles.